The standard InChI is InChI=1S/C39H52N2O10S2/c1-26-34(52-24-40(26)22-28-18-30(44-3)38(48-7)31(19-28)45-4)14-16-50-36(42)12-10-9-11-13-37(43)51-17-15-35-27(2)41(25-53-35)23-29-20-32(46-5)39(49-8)33(21-29)47-6/h18-21,24-25H,9-17,22-23H2,1-8H3/q+2. The molecule has 0 radical (unpaired) electrons. The molecule has 0 atom stereocenters. The summed E-state index contributed by atoms with van der Waals surface area (Å²) in [6.45, 7) is 6.06. The molecule has 2 aromatic carbocycles. The van der Waals surface area contributed by atoms with Crippen LogP contribution in [0.15, 0.2) is 35.3 Å². The van der Waals surface area contributed by atoms with E-state index in [9.17, 15) is 9.59 Å². The Labute approximate surface area is 320 Å². The molecule has 2 aromatic heterocycles. The minimum absolute atomic E-state index is 0.221. The zero-order valence-electron chi connectivity index (χ0n) is 32.0. The van der Waals surface area contributed by atoms with Crippen LogP contribution in [-0.2, 0) is 45.0 Å². The Balaban J connectivity index is 1.10. The van der Waals surface area contributed by atoms with E-state index in [1.54, 1.807) is 65.3 Å². The third-order valence-electron chi connectivity index (χ3n) is 8.91. The first-order valence-electron chi connectivity index (χ1n) is 17.5. The van der Waals surface area contributed by atoms with Gasteiger partial charge in [0.2, 0.25) is 22.5 Å². The number of hydrogen-bond donors (Lipinski definition) is 0. The molecule has 0 N–H and O–H groups in total. The lowest BCUT2D eigenvalue weighted by molar-refractivity contribution is -0.689. The number of esters is 2. The average Bonchev–Trinajstić information content (AvgIpc) is 3.69. The SMILES string of the molecule is COc1cc(C[n+]2csc(CCOC(=O)CCCCCC(=O)OCCc3sc[n+](Cc4cc(OC)c(OC)c(OC)c4)c3C)c2C)cc(OC)c1OC. The summed E-state index contributed by atoms with van der Waals surface area (Å²) in [6.07, 6.45) is 4.03. The number of rotatable bonds is 22. The highest BCUT2D eigenvalue weighted by molar-refractivity contribution is 7.09. The molecule has 0 aliphatic rings. The van der Waals surface area contributed by atoms with Crippen molar-refractivity contribution in [2.75, 3.05) is 55.9 Å². The van der Waals surface area contributed by atoms with Crippen LogP contribution in [0.2, 0.25) is 0 Å². The van der Waals surface area contributed by atoms with Gasteiger partial charge in [0, 0.05) is 50.7 Å². The van der Waals surface area contributed by atoms with Crippen molar-refractivity contribution in [2.24, 2.45) is 0 Å². The quantitative estimate of drug-likeness (QED) is 0.0538. The first kappa shape index (κ1) is 41.2. The summed E-state index contributed by atoms with van der Waals surface area (Å²) < 4.78 is 48.2. The molecule has 0 bridgehead atoms. The zero-order valence-corrected chi connectivity index (χ0v) is 33.7. The maximum absolute atomic E-state index is 12.4. The van der Waals surface area contributed by atoms with E-state index in [-0.39, 0.29) is 11.9 Å². The lowest BCUT2D eigenvalue weighted by Gasteiger charge is -2.13. The molecule has 53 heavy (non-hydrogen) atoms. The Kier molecular flexibility index (Phi) is 16.0. The second-order valence-electron chi connectivity index (χ2n) is 12.3. The minimum atomic E-state index is -0.221. The van der Waals surface area contributed by atoms with Crippen LogP contribution in [0.1, 0.15) is 64.4 Å². The molecule has 0 fully saturated rings. The van der Waals surface area contributed by atoms with Gasteiger partial charge in [-0.05, 0) is 37.1 Å². The van der Waals surface area contributed by atoms with E-state index in [2.05, 4.69) is 34.0 Å². The van der Waals surface area contributed by atoms with Crippen molar-refractivity contribution >= 4 is 34.6 Å². The highest BCUT2D eigenvalue weighted by Gasteiger charge is 2.21. The normalized spacial score (nSPS) is 10.9. The molecule has 0 aliphatic heterocycles. The Morgan fingerprint density at radius 3 is 1.23 bits per heavy atom. The molecule has 0 saturated carbocycles. The number of thiazole rings is 2. The van der Waals surface area contributed by atoms with Crippen LogP contribution in [0.3, 0.4) is 0 Å². The van der Waals surface area contributed by atoms with E-state index < -0.39 is 0 Å². The van der Waals surface area contributed by atoms with Gasteiger partial charge >= 0.3 is 11.9 Å². The molecule has 0 amide bonds. The summed E-state index contributed by atoms with van der Waals surface area (Å²) in [5.74, 6) is 3.14. The minimum Gasteiger partial charge on any atom is -0.493 e. The van der Waals surface area contributed by atoms with Gasteiger partial charge in [-0.15, -0.1) is 0 Å². The molecule has 0 aliphatic carbocycles. The van der Waals surface area contributed by atoms with Gasteiger partial charge in [0.15, 0.2) is 47.5 Å². The third kappa shape index (κ3) is 11.2. The van der Waals surface area contributed by atoms with Crippen molar-refractivity contribution in [1.82, 2.24) is 0 Å². The largest absolute Gasteiger partial charge is 0.493 e. The van der Waals surface area contributed by atoms with Crippen LogP contribution in [0.25, 0.3) is 0 Å². The fourth-order valence-electron chi connectivity index (χ4n) is 5.92. The monoisotopic (exact) mass is 772 g/mol. The Morgan fingerprint density at radius 1 is 0.547 bits per heavy atom. The van der Waals surface area contributed by atoms with Gasteiger partial charge in [0.1, 0.15) is 0 Å². The van der Waals surface area contributed by atoms with Crippen molar-refractivity contribution in [1.29, 1.82) is 0 Å². The molecule has 0 spiro atoms. The number of aromatic nitrogens is 2. The molecule has 288 valence electrons. The van der Waals surface area contributed by atoms with Crippen molar-refractivity contribution < 1.29 is 56.6 Å². The summed E-state index contributed by atoms with van der Waals surface area (Å²) in [6, 6.07) is 7.78. The van der Waals surface area contributed by atoms with Crippen LogP contribution in [-0.4, -0.2) is 67.8 Å². The van der Waals surface area contributed by atoms with Gasteiger partial charge in [-0.1, -0.05) is 29.1 Å². The highest BCUT2D eigenvalue weighted by atomic mass is 32.1. The molecule has 12 nitrogen and oxygen atoms in total. The van der Waals surface area contributed by atoms with E-state index in [4.69, 9.17) is 37.9 Å². The molecule has 14 heteroatoms. The number of benzene rings is 2. The molecular formula is C39H52N2O10S2+2. The number of methoxy groups -OCH3 is 6. The van der Waals surface area contributed by atoms with Gasteiger partial charge in [0.05, 0.1) is 65.6 Å². The van der Waals surface area contributed by atoms with Gasteiger partial charge < -0.3 is 37.9 Å². The van der Waals surface area contributed by atoms with Gasteiger partial charge in [-0.2, -0.15) is 9.13 Å². The molecule has 2 heterocycles. The Hall–Kier alpha value is -4.56. The maximum atomic E-state index is 12.4. The predicted octanol–water partition coefficient (Wildman–Crippen LogP) is 5.97. The maximum Gasteiger partial charge on any atom is 0.305 e. The zero-order chi connectivity index (χ0) is 38.3. The topological polar surface area (TPSA) is 116 Å². The molecule has 4 aromatic rings. The second kappa shape index (κ2) is 20.6. The van der Waals surface area contributed by atoms with Crippen LogP contribution in [0, 0.1) is 13.8 Å². The van der Waals surface area contributed by atoms with E-state index >= 15 is 0 Å². The fourth-order valence-corrected chi connectivity index (χ4v) is 7.87. The smallest absolute Gasteiger partial charge is 0.305 e. The Bertz CT molecular complexity index is 1640. The number of nitrogens with zero attached hydrogens (tertiary/aromatic N) is 2. The lowest BCUT2D eigenvalue weighted by Crippen LogP contribution is -2.35. The molecule has 0 unspecified atom stereocenters. The van der Waals surface area contributed by atoms with Gasteiger partial charge in [0.25, 0.3) is 0 Å². The van der Waals surface area contributed by atoms with Crippen LogP contribution < -0.4 is 37.6 Å². The van der Waals surface area contributed by atoms with Crippen molar-refractivity contribution in [3.63, 3.8) is 0 Å². The van der Waals surface area contributed by atoms with Crippen LogP contribution in [0.5, 0.6) is 34.5 Å². The number of carbonyl (C=O) groups is 2. The molecule has 4 rings (SSSR count). The van der Waals surface area contributed by atoms with Crippen molar-refractivity contribution in [2.45, 2.75) is 71.9 Å². The number of hydrogen-bond acceptors (Lipinski definition) is 12. The average molecular weight is 773 g/mol. The summed E-state index contributed by atoms with van der Waals surface area (Å²) in [5.41, 5.74) is 8.41. The fraction of sp³-hybridized carbons (Fsp3) is 0.487. The summed E-state index contributed by atoms with van der Waals surface area (Å²) in [5, 5.41) is 0. The number of ether oxygens (including phenoxy) is 8. The van der Waals surface area contributed by atoms with E-state index in [1.807, 2.05) is 24.3 Å². The second-order valence-corrected chi connectivity index (χ2v) is 14.2. The van der Waals surface area contributed by atoms with E-state index in [0.29, 0.717) is 99.3 Å². The summed E-state index contributed by atoms with van der Waals surface area (Å²) in [4.78, 5) is 27.0. The van der Waals surface area contributed by atoms with E-state index in [1.165, 1.54) is 0 Å². The van der Waals surface area contributed by atoms with Crippen LogP contribution in [0.4, 0.5) is 0 Å². The molecular weight excluding hydrogens is 721 g/mol. The van der Waals surface area contributed by atoms with Gasteiger partial charge in [-0.3, -0.25) is 9.59 Å². The van der Waals surface area contributed by atoms with Crippen molar-refractivity contribution in [3.05, 3.63) is 67.6 Å². The number of unbranched alkanes of at least 4 members (excludes halogenated alkanes) is 2. The first-order chi connectivity index (χ1) is 25.6. The highest BCUT2D eigenvalue weighted by Crippen LogP contribution is 2.39. The summed E-state index contributed by atoms with van der Waals surface area (Å²) in [7, 11) is 9.59. The van der Waals surface area contributed by atoms with Crippen LogP contribution >= 0.6 is 22.7 Å². The van der Waals surface area contributed by atoms with Gasteiger partial charge in [-0.25, -0.2) is 0 Å². The Morgan fingerprint density at radius 2 is 0.906 bits per heavy atom. The first-order valence-corrected chi connectivity index (χ1v) is 19.2. The lowest BCUT2D eigenvalue weighted by atomic mass is 10.1. The predicted molar refractivity (Wildman–Crippen MR) is 201 cm³/mol. The number of carbonyl (C=O) groups excluding carboxylic acids is 2. The third-order valence-corrected chi connectivity index (χ3v) is 11.2. The van der Waals surface area contributed by atoms with E-state index in [0.717, 1.165) is 38.7 Å². The molecule has 0 saturated heterocycles. The van der Waals surface area contributed by atoms with Crippen molar-refractivity contribution in [3.8, 4) is 34.5 Å². The summed E-state index contributed by atoms with van der Waals surface area (Å²) >= 11 is 3.28.